The van der Waals surface area contributed by atoms with Crippen molar-refractivity contribution >= 4 is 17.3 Å². The highest BCUT2D eigenvalue weighted by Crippen LogP contribution is 2.26. The molecule has 2 atom stereocenters. The summed E-state index contributed by atoms with van der Waals surface area (Å²) in [5.74, 6) is 0.123. The van der Waals surface area contributed by atoms with E-state index in [1.165, 1.54) is 0 Å². The van der Waals surface area contributed by atoms with Gasteiger partial charge in [-0.1, -0.05) is 12.8 Å². The number of carbonyl (C=O) groups is 1. The molecule has 2 rings (SSSR count). The van der Waals surface area contributed by atoms with Crippen molar-refractivity contribution < 1.29 is 9.90 Å². The summed E-state index contributed by atoms with van der Waals surface area (Å²) in [4.78, 5) is 11.6. The van der Waals surface area contributed by atoms with Crippen LogP contribution in [0.25, 0.3) is 0 Å². The van der Waals surface area contributed by atoms with E-state index in [2.05, 4.69) is 10.6 Å². The molecule has 110 valence electrons. The van der Waals surface area contributed by atoms with E-state index in [4.69, 9.17) is 5.73 Å². The lowest BCUT2D eigenvalue weighted by atomic mass is 9.86. The number of hydrogen-bond donors (Lipinski definition) is 4. The molecule has 20 heavy (non-hydrogen) atoms. The van der Waals surface area contributed by atoms with Gasteiger partial charge in [0.15, 0.2) is 0 Å². The normalized spacial score (nSPS) is 22.3. The predicted octanol–water partition coefficient (Wildman–Crippen LogP) is 1.59. The summed E-state index contributed by atoms with van der Waals surface area (Å²) in [6, 6.07) is 5.18. The van der Waals surface area contributed by atoms with Gasteiger partial charge in [0.1, 0.15) is 0 Å². The Kier molecular flexibility index (Phi) is 4.84. The zero-order chi connectivity index (χ0) is 14.5. The lowest BCUT2D eigenvalue weighted by Crippen LogP contribution is -2.30. The molecule has 0 aromatic heterocycles. The van der Waals surface area contributed by atoms with Crippen molar-refractivity contribution in [2.24, 2.45) is 5.92 Å². The maximum absolute atomic E-state index is 11.6. The molecule has 0 heterocycles. The fraction of sp³-hybridized carbons (Fsp3) is 0.533. The van der Waals surface area contributed by atoms with E-state index in [1.807, 2.05) is 0 Å². The largest absolute Gasteiger partial charge is 0.397 e. The summed E-state index contributed by atoms with van der Waals surface area (Å²) in [5.41, 5.74) is 7.87. The predicted molar refractivity (Wildman–Crippen MR) is 80.7 cm³/mol. The second-order valence-electron chi connectivity index (χ2n) is 5.37. The molecule has 0 bridgehead atoms. The summed E-state index contributed by atoms with van der Waals surface area (Å²) in [6.07, 6.45) is 3.94. The number of carbonyl (C=O) groups excluding carboxylic acids is 1. The van der Waals surface area contributed by atoms with E-state index in [1.54, 1.807) is 25.2 Å². The number of nitrogen functional groups attached to an aromatic ring is 1. The molecule has 0 aliphatic heterocycles. The molecule has 0 saturated heterocycles. The van der Waals surface area contributed by atoms with E-state index >= 15 is 0 Å². The molecule has 2 unspecified atom stereocenters. The van der Waals surface area contributed by atoms with Gasteiger partial charge in [-0.2, -0.15) is 0 Å². The van der Waals surface area contributed by atoms with Crippen LogP contribution in [0.1, 0.15) is 36.0 Å². The lowest BCUT2D eigenvalue weighted by molar-refractivity contribution is 0.0763. The van der Waals surface area contributed by atoms with Gasteiger partial charge in [0.2, 0.25) is 0 Å². The summed E-state index contributed by atoms with van der Waals surface area (Å²) in [6.45, 7) is 0.683. The Labute approximate surface area is 119 Å². The fourth-order valence-corrected chi connectivity index (χ4v) is 2.66. The Hall–Kier alpha value is -1.75. The SMILES string of the molecule is CNC(=O)c1ccc(N)c(NCC2CCCCC2O)c1. The Bertz CT molecular complexity index is 476. The molecule has 1 aliphatic carbocycles. The molecule has 1 aliphatic rings. The number of anilines is 2. The number of amides is 1. The average Bonchev–Trinajstić information content (AvgIpc) is 2.47. The average molecular weight is 277 g/mol. The van der Waals surface area contributed by atoms with Crippen molar-refractivity contribution in [3.63, 3.8) is 0 Å². The monoisotopic (exact) mass is 277 g/mol. The number of benzene rings is 1. The van der Waals surface area contributed by atoms with Crippen molar-refractivity contribution in [3.05, 3.63) is 23.8 Å². The summed E-state index contributed by atoms with van der Waals surface area (Å²) >= 11 is 0. The molecule has 0 spiro atoms. The van der Waals surface area contributed by atoms with Gasteiger partial charge in [-0.05, 0) is 31.0 Å². The summed E-state index contributed by atoms with van der Waals surface area (Å²) < 4.78 is 0. The van der Waals surface area contributed by atoms with E-state index in [-0.39, 0.29) is 17.9 Å². The third-order valence-electron chi connectivity index (χ3n) is 3.97. The van der Waals surface area contributed by atoms with Gasteiger partial charge in [-0.15, -0.1) is 0 Å². The Balaban J connectivity index is 2.02. The zero-order valence-corrected chi connectivity index (χ0v) is 11.9. The quantitative estimate of drug-likeness (QED) is 0.629. The highest BCUT2D eigenvalue weighted by molar-refractivity contribution is 5.96. The van der Waals surface area contributed by atoms with Crippen LogP contribution in [0, 0.1) is 5.92 Å². The Morgan fingerprint density at radius 3 is 2.85 bits per heavy atom. The first-order chi connectivity index (χ1) is 9.61. The molecule has 5 N–H and O–H groups in total. The van der Waals surface area contributed by atoms with Crippen molar-refractivity contribution in [1.29, 1.82) is 0 Å². The van der Waals surface area contributed by atoms with Crippen molar-refractivity contribution in [1.82, 2.24) is 5.32 Å². The van der Waals surface area contributed by atoms with Gasteiger partial charge < -0.3 is 21.5 Å². The third kappa shape index (κ3) is 3.42. The second-order valence-corrected chi connectivity index (χ2v) is 5.37. The first kappa shape index (κ1) is 14.7. The smallest absolute Gasteiger partial charge is 0.251 e. The lowest BCUT2D eigenvalue weighted by Gasteiger charge is -2.28. The van der Waals surface area contributed by atoms with Crippen molar-refractivity contribution in [3.8, 4) is 0 Å². The molecule has 5 heteroatoms. The van der Waals surface area contributed by atoms with Crippen LogP contribution in [0.2, 0.25) is 0 Å². The van der Waals surface area contributed by atoms with E-state index < -0.39 is 0 Å². The number of hydrogen-bond acceptors (Lipinski definition) is 4. The van der Waals surface area contributed by atoms with Gasteiger partial charge in [0.25, 0.3) is 5.91 Å². The van der Waals surface area contributed by atoms with Gasteiger partial charge in [0.05, 0.1) is 17.5 Å². The van der Waals surface area contributed by atoms with Crippen LogP contribution in [-0.4, -0.2) is 30.7 Å². The fourth-order valence-electron chi connectivity index (χ4n) is 2.66. The highest BCUT2D eigenvalue weighted by atomic mass is 16.3. The van der Waals surface area contributed by atoms with Gasteiger partial charge in [-0.25, -0.2) is 0 Å². The van der Waals surface area contributed by atoms with Gasteiger partial charge >= 0.3 is 0 Å². The molecule has 0 radical (unpaired) electrons. The molecular weight excluding hydrogens is 254 g/mol. The molecule has 1 fully saturated rings. The standard InChI is InChI=1S/C15H23N3O2/c1-17-15(20)10-6-7-12(16)13(8-10)18-9-11-4-2-3-5-14(11)19/h6-8,11,14,18-19H,2-5,9,16H2,1H3,(H,17,20). The zero-order valence-electron chi connectivity index (χ0n) is 11.9. The maximum atomic E-state index is 11.6. The van der Waals surface area contributed by atoms with Crippen LogP contribution >= 0.6 is 0 Å². The maximum Gasteiger partial charge on any atom is 0.251 e. The van der Waals surface area contributed by atoms with E-state index in [0.29, 0.717) is 17.8 Å². The molecule has 1 aromatic rings. The molecule has 1 amide bonds. The number of aliphatic hydroxyl groups is 1. The van der Waals surface area contributed by atoms with E-state index in [9.17, 15) is 9.90 Å². The number of nitrogens with one attached hydrogen (secondary N) is 2. The Morgan fingerprint density at radius 2 is 2.15 bits per heavy atom. The minimum atomic E-state index is -0.236. The number of aliphatic hydroxyl groups excluding tert-OH is 1. The van der Waals surface area contributed by atoms with Gasteiger partial charge in [-0.3, -0.25) is 4.79 Å². The topological polar surface area (TPSA) is 87.4 Å². The van der Waals surface area contributed by atoms with Crippen LogP contribution in [0.3, 0.4) is 0 Å². The van der Waals surface area contributed by atoms with Crippen molar-refractivity contribution in [2.45, 2.75) is 31.8 Å². The second kappa shape index (κ2) is 6.61. The van der Waals surface area contributed by atoms with Gasteiger partial charge in [0, 0.05) is 25.1 Å². The van der Waals surface area contributed by atoms with Crippen LogP contribution in [0.4, 0.5) is 11.4 Å². The summed E-state index contributed by atoms with van der Waals surface area (Å²) in [7, 11) is 1.60. The minimum Gasteiger partial charge on any atom is -0.397 e. The number of rotatable bonds is 4. The third-order valence-corrected chi connectivity index (χ3v) is 3.97. The van der Waals surface area contributed by atoms with Crippen molar-refractivity contribution in [2.75, 3.05) is 24.6 Å². The number of nitrogens with two attached hydrogens (primary N) is 1. The van der Waals surface area contributed by atoms with E-state index in [0.717, 1.165) is 31.4 Å². The van der Waals surface area contributed by atoms with Crippen LogP contribution in [-0.2, 0) is 0 Å². The van der Waals surface area contributed by atoms with Crippen LogP contribution < -0.4 is 16.4 Å². The molecule has 5 nitrogen and oxygen atoms in total. The molecular formula is C15H23N3O2. The summed E-state index contributed by atoms with van der Waals surface area (Å²) in [5, 5.41) is 15.8. The van der Waals surface area contributed by atoms with Crippen LogP contribution in [0.5, 0.6) is 0 Å². The minimum absolute atomic E-state index is 0.134. The molecule has 1 aromatic carbocycles. The molecule has 1 saturated carbocycles. The first-order valence-electron chi connectivity index (χ1n) is 7.15. The first-order valence-corrected chi connectivity index (χ1v) is 7.15. The Morgan fingerprint density at radius 1 is 1.40 bits per heavy atom. The van der Waals surface area contributed by atoms with Crippen LogP contribution in [0.15, 0.2) is 18.2 Å². The highest BCUT2D eigenvalue weighted by Gasteiger charge is 2.22.